The number of aromatic nitrogens is 1. The van der Waals surface area contributed by atoms with Gasteiger partial charge in [0.15, 0.2) is 0 Å². The largest absolute Gasteiger partial charge is 0.395 e. The van der Waals surface area contributed by atoms with Crippen LogP contribution in [0.3, 0.4) is 0 Å². The molecule has 8 nitrogen and oxygen atoms in total. The van der Waals surface area contributed by atoms with Crippen LogP contribution >= 0.6 is 0 Å². The third-order valence-corrected chi connectivity index (χ3v) is 5.72. The first-order chi connectivity index (χ1) is 13.0. The number of carbonyl (C=O) groups is 2. The van der Waals surface area contributed by atoms with Crippen molar-refractivity contribution in [2.75, 3.05) is 40.0 Å². The summed E-state index contributed by atoms with van der Waals surface area (Å²) in [5, 5.41) is 9.41. The molecule has 8 heteroatoms. The van der Waals surface area contributed by atoms with E-state index < -0.39 is 5.54 Å². The van der Waals surface area contributed by atoms with Gasteiger partial charge in [-0.05, 0) is 31.4 Å². The quantitative estimate of drug-likeness (QED) is 0.706. The third kappa shape index (κ3) is 3.69. The number of imide groups is 1. The molecule has 3 rings (SSSR count). The van der Waals surface area contributed by atoms with Gasteiger partial charge in [-0.2, -0.15) is 0 Å². The third-order valence-electron chi connectivity index (χ3n) is 5.72. The van der Waals surface area contributed by atoms with Crippen LogP contribution in [0.2, 0.25) is 0 Å². The van der Waals surface area contributed by atoms with Crippen LogP contribution in [0, 0.1) is 0 Å². The fourth-order valence-electron chi connectivity index (χ4n) is 4.02. The lowest BCUT2D eigenvalue weighted by molar-refractivity contribution is -0.136. The summed E-state index contributed by atoms with van der Waals surface area (Å²) >= 11 is 0. The number of methoxy groups -OCH3 is 1. The van der Waals surface area contributed by atoms with Gasteiger partial charge in [-0.15, -0.1) is 0 Å². The molecule has 0 aromatic carbocycles. The minimum Gasteiger partial charge on any atom is -0.395 e. The van der Waals surface area contributed by atoms with E-state index in [-0.39, 0.29) is 31.1 Å². The Morgan fingerprint density at radius 1 is 1.33 bits per heavy atom. The minimum atomic E-state index is -0.816. The number of pyridine rings is 1. The fraction of sp³-hybridized carbons (Fsp3) is 0.632. The van der Waals surface area contributed by atoms with Gasteiger partial charge in [0, 0.05) is 45.2 Å². The second kappa shape index (κ2) is 8.33. The molecule has 1 spiro atoms. The number of urea groups is 1. The number of hydrogen-bond acceptors (Lipinski definition) is 6. The summed E-state index contributed by atoms with van der Waals surface area (Å²) in [5.41, 5.74) is 0.0121. The number of rotatable bonds is 7. The molecule has 148 valence electrons. The summed E-state index contributed by atoms with van der Waals surface area (Å²) < 4.78 is 5.17. The van der Waals surface area contributed by atoms with Crippen molar-refractivity contribution in [2.45, 2.75) is 37.9 Å². The highest BCUT2D eigenvalue weighted by Gasteiger charge is 2.57. The van der Waals surface area contributed by atoms with Gasteiger partial charge >= 0.3 is 6.03 Å². The van der Waals surface area contributed by atoms with E-state index in [9.17, 15) is 14.7 Å². The highest BCUT2D eigenvalue weighted by molar-refractivity contribution is 6.07. The van der Waals surface area contributed by atoms with Crippen molar-refractivity contribution in [2.24, 2.45) is 0 Å². The normalized spacial score (nSPS) is 21.3. The van der Waals surface area contributed by atoms with Gasteiger partial charge in [0.2, 0.25) is 0 Å². The average molecular weight is 376 g/mol. The molecule has 0 radical (unpaired) electrons. The van der Waals surface area contributed by atoms with Crippen LogP contribution in [0.25, 0.3) is 0 Å². The Kier molecular flexibility index (Phi) is 6.08. The van der Waals surface area contributed by atoms with E-state index in [1.807, 2.05) is 13.0 Å². The van der Waals surface area contributed by atoms with Crippen molar-refractivity contribution in [3.63, 3.8) is 0 Å². The maximum absolute atomic E-state index is 13.4. The second-order valence-corrected chi connectivity index (χ2v) is 7.28. The van der Waals surface area contributed by atoms with E-state index in [1.54, 1.807) is 30.5 Å². The average Bonchev–Trinajstić information content (AvgIpc) is 2.88. The fourth-order valence-corrected chi connectivity index (χ4v) is 4.02. The van der Waals surface area contributed by atoms with E-state index in [1.165, 1.54) is 4.90 Å². The van der Waals surface area contributed by atoms with E-state index in [0.717, 1.165) is 5.56 Å². The highest BCUT2D eigenvalue weighted by Crippen LogP contribution is 2.38. The molecule has 1 atom stereocenters. The van der Waals surface area contributed by atoms with Crippen LogP contribution in [0.5, 0.6) is 0 Å². The zero-order valence-electron chi connectivity index (χ0n) is 16.0. The van der Waals surface area contributed by atoms with Crippen molar-refractivity contribution >= 4 is 11.9 Å². The number of hydrogen-bond donors (Lipinski definition) is 1. The highest BCUT2D eigenvalue weighted by atomic mass is 16.5. The Morgan fingerprint density at radius 2 is 2.07 bits per heavy atom. The van der Waals surface area contributed by atoms with Crippen LogP contribution in [-0.4, -0.2) is 88.3 Å². The first-order valence-electron chi connectivity index (χ1n) is 9.40. The van der Waals surface area contributed by atoms with Crippen LogP contribution in [0.1, 0.15) is 25.3 Å². The van der Waals surface area contributed by atoms with Gasteiger partial charge in [-0.1, -0.05) is 6.07 Å². The van der Waals surface area contributed by atoms with Gasteiger partial charge in [0.1, 0.15) is 5.54 Å². The first-order valence-corrected chi connectivity index (χ1v) is 9.40. The predicted molar refractivity (Wildman–Crippen MR) is 98.9 cm³/mol. The Hall–Kier alpha value is -2.03. The standard InChI is InChI=1S/C19H28N4O4/c1-15(14-24)21-8-5-19(6-9-21)17(25)22(13-16-4-3-7-20-12-16)18(26)23(19)10-11-27-2/h3-4,7,12,15,24H,5-6,8-11,13-14H2,1-2H3/t15-/m1/s1. The number of amides is 3. The van der Waals surface area contributed by atoms with E-state index in [0.29, 0.717) is 39.1 Å². The van der Waals surface area contributed by atoms with E-state index >= 15 is 0 Å². The SMILES string of the molecule is COCCN1C(=O)N(Cc2cccnc2)C(=O)C12CCN([C@H](C)CO)CC2. The van der Waals surface area contributed by atoms with Crippen molar-refractivity contribution in [3.05, 3.63) is 30.1 Å². The van der Waals surface area contributed by atoms with Gasteiger partial charge in [0.05, 0.1) is 19.8 Å². The van der Waals surface area contributed by atoms with E-state index in [4.69, 9.17) is 4.74 Å². The summed E-state index contributed by atoms with van der Waals surface area (Å²) in [7, 11) is 1.59. The molecule has 1 N–H and O–H groups in total. The molecule has 0 aliphatic carbocycles. The van der Waals surface area contributed by atoms with E-state index in [2.05, 4.69) is 9.88 Å². The number of aliphatic hydroxyl groups is 1. The Bertz CT molecular complexity index is 661. The predicted octanol–water partition coefficient (Wildman–Crippen LogP) is 0.708. The van der Waals surface area contributed by atoms with Crippen molar-refractivity contribution < 1.29 is 19.4 Å². The van der Waals surface area contributed by atoms with Gasteiger partial charge in [0.25, 0.3) is 5.91 Å². The second-order valence-electron chi connectivity index (χ2n) is 7.28. The lowest BCUT2D eigenvalue weighted by Crippen LogP contribution is -2.58. The number of ether oxygens (including phenoxy) is 1. The maximum Gasteiger partial charge on any atom is 0.328 e. The number of aliphatic hydroxyl groups excluding tert-OH is 1. The Balaban J connectivity index is 1.82. The summed E-state index contributed by atoms with van der Waals surface area (Å²) in [6, 6.07) is 3.45. The number of likely N-dealkylation sites (tertiary alicyclic amines) is 1. The molecule has 2 aliphatic heterocycles. The molecule has 2 fully saturated rings. The van der Waals surface area contributed by atoms with Crippen LogP contribution in [0.15, 0.2) is 24.5 Å². The number of carbonyl (C=O) groups excluding carboxylic acids is 2. The molecule has 0 bridgehead atoms. The van der Waals surface area contributed by atoms with Gasteiger partial charge in [-0.25, -0.2) is 4.79 Å². The Labute approximate surface area is 159 Å². The summed E-state index contributed by atoms with van der Waals surface area (Å²) in [4.78, 5) is 35.7. The molecule has 3 heterocycles. The first kappa shape index (κ1) is 19.7. The summed E-state index contributed by atoms with van der Waals surface area (Å²) in [6.45, 7) is 4.40. The Morgan fingerprint density at radius 3 is 2.67 bits per heavy atom. The molecule has 3 amide bonds. The molecule has 0 saturated carbocycles. The van der Waals surface area contributed by atoms with Gasteiger partial charge < -0.3 is 14.7 Å². The van der Waals surface area contributed by atoms with Crippen LogP contribution < -0.4 is 0 Å². The molecule has 0 unspecified atom stereocenters. The minimum absolute atomic E-state index is 0.0495. The lowest BCUT2D eigenvalue weighted by Gasteiger charge is -2.43. The lowest BCUT2D eigenvalue weighted by atomic mass is 9.85. The summed E-state index contributed by atoms with van der Waals surface area (Å²) in [5.74, 6) is -0.135. The van der Waals surface area contributed by atoms with Crippen LogP contribution in [0.4, 0.5) is 4.79 Å². The van der Waals surface area contributed by atoms with Crippen molar-refractivity contribution in [1.29, 1.82) is 0 Å². The topological polar surface area (TPSA) is 86.2 Å². The molecule has 1 aromatic heterocycles. The summed E-state index contributed by atoms with van der Waals surface area (Å²) in [6.07, 6.45) is 4.47. The molecule has 1 aromatic rings. The maximum atomic E-state index is 13.4. The van der Waals surface area contributed by atoms with Crippen LogP contribution in [-0.2, 0) is 16.1 Å². The number of nitrogens with zero attached hydrogens (tertiary/aromatic N) is 4. The zero-order valence-corrected chi connectivity index (χ0v) is 16.0. The van der Waals surface area contributed by atoms with Gasteiger partial charge in [-0.3, -0.25) is 19.6 Å². The molecule has 2 saturated heterocycles. The molecule has 27 heavy (non-hydrogen) atoms. The van der Waals surface area contributed by atoms with Crippen molar-refractivity contribution in [1.82, 2.24) is 19.7 Å². The smallest absolute Gasteiger partial charge is 0.328 e. The zero-order chi connectivity index (χ0) is 19.4. The van der Waals surface area contributed by atoms with Crippen molar-refractivity contribution in [3.8, 4) is 0 Å². The number of piperidine rings is 1. The molecule has 2 aliphatic rings. The molecular formula is C19H28N4O4. The molecular weight excluding hydrogens is 348 g/mol. The monoisotopic (exact) mass is 376 g/mol.